The SMILES string of the molecule is CNC(=O)[C@H](C)N(Cc1ccccc1F)C(=O)CCc1ccc(OC)c(OC)c1. The molecule has 2 amide bonds. The predicted molar refractivity (Wildman–Crippen MR) is 108 cm³/mol. The molecule has 0 bridgehead atoms. The number of nitrogens with zero attached hydrogens (tertiary/aromatic N) is 1. The summed E-state index contributed by atoms with van der Waals surface area (Å²) in [5.74, 6) is 0.241. The van der Waals surface area contributed by atoms with Crippen LogP contribution in [0.5, 0.6) is 11.5 Å². The van der Waals surface area contributed by atoms with Gasteiger partial charge in [0.1, 0.15) is 11.9 Å². The summed E-state index contributed by atoms with van der Waals surface area (Å²) in [7, 11) is 4.62. The maximum Gasteiger partial charge on any atom is 0.242 e. The van der Waals surface area contributed by atoms with Gasteiger partial charge in [-0.2, -0.15) is 0 Å². The van der Waals surface area contributed by atoms with E-state index in [4.69, 9.17) is 9.47 Å². The molecule has 6 nitrogen and oxygen atoms in total. The third-order valence-corrected chi connectivity index (χ3v) is 4.79. The van der Waals surface area contributed by atoms with Gasteiger partial charge in [0.25, 0.3) is 0 Å². The van der Waals surface area contributed by atoms with E-state index in [0.29, 0.717) is 23.5 Å². The molecule has 2 aromatic rings. The Morgan fingerprint density at radius 1 is 1.10 bits per heavy atom. The zero-order chi connectivity index (χ0) is 21.4. The van der Waals surface area contributed by atoms with Crippen LogP contribution in [0.1, 0.15) is 24.5 Å². The fourth-order valence-electron chi connectivity index (χ4n) is 3.03. The van der Waals surface area contributed by atoms with Gasteiger partial charge in [-0.05, 0) is 37.1 Å². The molecule has 1 N–H and O–H groups in total. The van der Waals surface area contributed by atoms with Crippen molar-refractivity contribution < 1.29 is 23.5 Å². The fourth-order valence-corrected chi connectivity index (χ4v) is 3.03. The van der Waals surface area contributed by atoms with Crippen LogP contribution < -0.4 is 14.8 Å². The molecular formula is C22H27FN2O4. The summed E-state index contributed by atoms with van der Waals surface area (Å²) in [4.78, 5) is 26.5. The van der Waals surface area contributed by atoms with Crippen LogP contribution in [0.2, 0.25) is 0 Å². The Hall–Kier alpha value is -3.09. The molecule has 0 unspecified atom stereocenters. The molecule has 0 radical (unpaired) electrons. The van der Waals surface area contributed by atoms with Crippen molar-refractivity contribution in [3.63, 3.8) is 0 Å². The molecule has 156 valence electrons. The Labute approximate surface area is 170 Å². The summed E-state index contributed by atoms with van der Waals surface area (Å²) < 4.78 is 24.6. The van der Waals surface area contributed by atoms with E-state index in [1.807, 2.05) is 12.1 Å². The molecular weight excluding hydrogens is 375 g/mol. The highest BCUT2D eigenvalue weighted by Gasteiger charge is 2.26. The number of carbonyl (C=O) groups is 2. The van der Waals surface area contributed by atoms with Gasteiger partial charge in [-0.15, -0.1) is 0 Å². The molecule has 2 rings (SSSR count). The molecule has 0 aliphatic heterocycles. The van der Waals surface area contributed by atoms with Crippen molar-refractivity contribution in [1.82, 2.24) is 10.2 Å². The summed E-state index contributed by atoms with van der Waals surface area (Å²) in [6.45, 7) is 1.65. The molecule has 0 aliphatic rings. The number of rotatable bonds is 9. The number of carbonyl (C=O) groups excluding carboxylic acids is 2. The topological polar surface area (TPSA) is 67.9 Å². The summed E-state index contributed by atoms with van der Waals surface area (Å²) in [5.41, 5.74) is 1.26. The smallest absolute Gasteiger partial charge is 0.242 e. The van der Waals surface area contributed by atoms with Gasteiger partial charge in [-0.25, -0.2) is 4.39 Å². The number of halogens is 1. The van der Waals surface area contributed by atoms with Gasteiger partial charge in [0.05, 0.1) is 14.2 Å². The van der Waals surface area contributed by atoms with E-state index < -0.39 is 11.9 Å². The molecule has 29 heavy (non-hydrogen) atoms. The highest BCUT2D eigenvalue weighted by molar-refractivity contribution is 5.87. The third-order valence-electron chi connectivity index (χ3n) is 4.79. The molecule has 0 saturated carbocycles. The maximum absolute atomic E-state index is 14.1. The average molecular weight is 402 g/mol. The number of amides is 2. The van der Waals surface area contributed by atoms with Gasteiger partial charge in [-0.3, -0.25) is 9.59 Å². The van der Waals surface area contributed by atoms with Crippen molar-refractivity contribution in [3.05, 3.63) is 59.4 Å². The lowest BCUT2D eigenvalue weighted by Crippen LogP contribution is -2.46. The van der Waals surface area contributed by atoms with Crippen molar-refractivity contribution in [2.24, 2.45) is 0 Å². The number of hydrogen-bond donors (Lipinski definition) is 1. The van der Waals surface area contributed by atoms with Gasteiger partial charge in [-0.1, -0.05) is 24.3 Å². The van der Waals surface area contributed by atoms with E-state index in [1.54, 1.807) is 45.4 Å². The molecule has 0 heterocycles. The minimum Gasteiger partial charge on any atom is -0.493 e. The minimum absolute atomic E-state index is 0.0199. The van der Waals surface area contributed by atoms with Crippen LogP contribution in [0.15, 0.2) is 42.5 Å². The monoisotopic (exact) mass is 402 g/mol. The van der Waals surface area contributed by atoms with Crippen LogP contribution in [0.25, 0.3) is 0 Å². The predicted octanol–water partition coefficient (Wildman–Crippen LogP) is 2.94. The van der Waals surface area contributed by atoms with Crippen LogP contribution in [-0.2, 0) is 22.6 Å². The van der Waals surface area contributed by atoms with E-state index in [1.165, 1.54) is 18.0 Å². The largest absolute Gasteiger partial charge is 0.493 e. The van der Waals surface area contributed by atoms with E-state index >= 15 is 0 Å². The number of methoxy groups -OCH3 is 2. The molecule has 0 aliphatic carbocycles. The van der Waals surface area contributed by atoms with Gasteiger partial charge >= 0.3 is 0 Å². The second kappa shape index (κ2) is 10.5. The number of benzene rings is 2. The molecule has 0 fully saturated rings. The Kier molecular flexibility index (Phi) is 8.00. The summed E-state index contributed by atoms with van der Waals surface area (Å²) >= 11 is 0. The summed E-state index contributed by atoms with van der Waals surface area (Å²) in [6, 6.07) is 11.0. The highest BCUT2D eigenvalue weighted by atomic mass is 19.1. The number of likely N-dealkylation sites (N-methyl/N-ethyl adjacent to an activating group) is 1. The Morgan fingerprint density at radius 2 is 1.79 bits per heavy atom. The normalized spacial score (nSPS) is 11.5. The Morgan fingerprint density at radius 3 is 2.41 bits per heavy atom. The van der Waals surface area contributed by atoms with Gasteiger partial charge in [0, 0.05) is 25.6 Å². The minimum atomic E-state index is -0.725. The first-order valence-electron chi connectivity index (χ1n) is 9.36. The van der Waals surface area contributed by atoms with Gasteiger partial charge in [0.2, 0.25) is 11.8 Å². The van der Waals surface area contributed by atoms with E-state index in [9.17, 15) is 14.0 Å². The van der Waals surface area contributed by atoms with E-state index in [2.05, 4.69) is 5.32 Å². The molecule has 0 saturated heterocycles. The number of ether oxygens (including phenoxy) is 2. The number of nitrogens with one attached hydrogen (secondary N) is 1. The van der Waals surface area contributed by atoms with E-state index in [0.717, 1.165) is 5.56 Å². The molecule has 0 spiro atoms. The lowest BCUT2D eigenvalue weighted by molar-refractivity contribution is -0.140. The standard InChI is InChI=1S/C22H27FN2O4/c1-15(22(27)24-2)25(14-17-7-5-6-8-18(17)23)21(26)12-10-16-9-11-19(28-3)20(13-16)29-4/h5-9,11,13,15H,10,12,14H2,1-4H3,(H,24,27)/t15-/m0/s1. The molecule has 7 heteroatoms. The second-order valence-corrected chi connectivity index (χ2v) is 6.59. The lowest BCUT2D eigenvalue weighted by atomic mass is 10.1. The highest BCUT2D eigenvalue weighted by Crippen LogP contribution is 2.28. The van der Waals surface area contributed by atoms with Gasteiger partial charge < -0.3 is 19.7 Å². The fraction of sp³-hybridized carbons (Fsp3) is 0.364. The van der Waals surface area contributed by atoms with E-state index in [-0.39, 0.29) is 24.8 Å². The second-order valence-electron chi connectivity index (χ2n) is 6.59. The van der Waals surface area contributed by atoms with Gasteiger partial charge in [0.15, 0.2) is 11.5 Å². The lowest BCUT2D eigenvalue weighted by Gasteiger charge is -2.28. The summed E-state index contributed by atoms with van der Waals surface area (Å²) in [5, 5.41) is 2.55. The Bertz CT molecular complexity index is 856. The summed E-state index contributed by atoms with van der Waals surface area (Å²) in [6.07, 6.45) is 0.624. The first-order valence-corrected chi connectivity index (χ1v) is 9.36. The first-order chi connectivity index (χ1) is 13.9. The zero-order valence-electron chi connectivity index (χ0n) is 17.2. The Balaban J connectivity index is 2.16. The van der Waals surface area contributed by atoms with Crippen molar-refractivity contribution in [1.29, 1.82) is 0 Å². The van der Waals surface area contributed by atoms with Crippen LogP contribution in [0.4, 0.5) is 4.39 Å². The quantitative estimate of drug-likeness (QED) is 0.700. The van der Waals surface area contributed by atoms with Crippen molar-refractivity contribution in [3.8, 4) is 11.5 Å². The van der Waals surface area contributed by atoms with Crippen LogP contribution >= 0.6 is 0 Å². The van der Waals surface area contributed by atoms with Crippen LogP contribution in [-0.4, -0.2) is 44.0 Å². The molecule has 1 atom stereocenters. The zero-order valence-corrected chi connectivity index (χ0v) is 17.2. The third kappa shape index (κ3) is 5.70. The van der Waals surface area contributed by atoms with Crippen LogP contribution in [0.3, 0.4) is 0 Å². The first kappa shape index (κ1) is 22.2. The van der Waals surface area contributed by atoms with Crippen LogP contribution in [0, 0.1) is 5.82 Å². The molecule has 0 aromatic heterocycles. The van der Waals surface area contributed by atoms with Crippen molar-refractivity contribution >= 4 is 11.8 Å². The average Bonchev–Trinajstić information content (AvgIpc) is 2.75. The molecule has 2 aromatic carbocycles. The number of aryl methyl sites for hydroxylation is 1. The van der Waals surface area contributed by atoms with Crippen molar-refractivity contribution in [2.45, 2.75) is 32.4 Å². The van der Waals surface area contributed by atoms with Crippen molar-refractivity contribution in [2.75, 3.05) is 21.3 Å². The maximum atomic E-state index is 14.1. The number of hydrogen-bond acceptors (Lipinski definition) is 4.